The van der Waals surface area contributed by atoms with E-state index < -0.39 is 11.3 Å². The maximum absolute atomic E-state index is 13.2. The van der Waals surface area contributed by atoms with Gasteiger partial charge >= 0.3 is 5.51 Å². The molecule has 1 atom stereocenters. The van der Waals surface area contributed by atoms with Gasteiger partial charge in [-0.3, -0.25) is 0 Å². The Hall–Kier alpha value is -0.950. The van der Waals surface area contributed by atoms with Gasteiger partial charge in [0.05, 0.1) is 6.61 Å². The molecule has 1 aromatic rings. The zero-order valence-electron chi connectivity index (χ0n) is 11.0. The van der Waals surface area contributed by atoms with Crippen molar-refractivity contribution in [1.82, 2.24) is 0 Å². The second-order valence-electron chi connectivity index (χ2n) is 4.27. The van der Waals surface area contributed by atoms with Crippen molar-refractivity contribution < 1.29 is 22.3 Å². The molecule has 0 saturated carbocycles. The molecule has 0 saturated heterocycles. The van der Waals surface area contributed by atoms with Crippen LogP contribution in [0, 0.1) is 5.82 Å². The fourth-order valence-electron chi connectivity index (χ4n) is 1.58. The Labute approximate surface area is 119 Å². The van der Waals surface area contributed by atoms with Crippen LogP contribution in [-0.4, -0.2) is 23.9 Å². The molecule has 0 amide bonds. The monoisotopic (exact) mass is 311 g/mol. The Morgan fingerprint density at radius 3 is 2.65 bits per heavy atom. The van der Waals surface area contributed by atoms with E-state index in [9.17, 15) is 17.6 Å². The van der Waals surface area contributed by atoms with Crippen LogP contribution < -0.4 is 10.5 Å². The van der Waals surface area contributed by atoms with E-state index >= 15 is 0 Å². The highest BCUT2D eigenvalue weighted by Gasteiger charge is 2.27. The average Bonchev–Trinajstić information content (AvgIpc) is 2.35. The third-order valence-corrected chi connectivity index (χ3v) is 3.33. The summed E-state index contributed by atoms with van der Waals surface area (Å²) in [7, 11) is 0. The summed E-state index contributed by atoms with van der Waals surface area (Å²) in [5, 5.41) is 0. The highest BCUT2D eigenvalue weighted by molar-refractivity contribution is 8.00. The molecular weight excluding hydrogens is 294 g/mol. The number of hydrogen-bond acceptors (Lipinski definition) is 3. The minimum absolute atomic E-state index is 0.0931. The molecule has 20 heavy (non-hydrogen) atoms. The molecule has 7 heteroatoms. The lowest BCUT2D eigenvalue weighted by atomic mass is 10.0. The van der Waals surface area contributed by atoms with Crippen LogP contribution in [0.3, 0.4) is 0 Å². The molecule has 0 heterocycles. The zero-order chi connectivity index (χ0) is 15.2. The van der Waals surface area contributed by atoms with E-state index in [0.717, 1.165) is 6.42 Å². The Bertz CT molecular complexity index is 425. The van der Waals surface area contributed by atoms with Gasteiger partial charge in [-0.15, -0.1) is 0 Å². The first-order chi connectivity index (χ1) is 9.31. The first-order valence-corrected chi connectivity index (χ1v) is 7.18. The molecule has 0 fully saturated rings. The van der Waals surface area contributed by atoms with Gasteiger partial charge in [-0.1, -0.05) is 6.92 Å². The van der Waals surface area contributed by atoms with Crippen LogP contribution in [-0.2, 0) is 6.42 Å². The van der Waals surface area contributed by atoms with E-state index in [1.54, 1.807) is 0 Å². The first kappa shape index (κ1) is 17.1. The van der Waals surface area contributed by atoms with Crippen molar-refractivity contribution in [3.05, 3.63) is 29.6 Å². The second kappa shape index (κ2) is 7.73. The van der Waals surface area contributed by atoms with Gasteiger partial charge in [0.15, 0.2) is 0 Å². The quantitative estimate of drug-likeness (QED) is 0.615. The normalized spacial score (nSPS) is 13.3. The lowest BCUT2D eigenvalue weighted by Gasteiger charge is -2.14. The smallest absolute Gasteiger partial charge is 0.441 e. The standard InChI is InChI=1S/C13H17F4NOS/c1-2-11(18)8-9-7-10(14)3-4-12(9)19-5-6-20-13(15,16)17/h3-4,7,11H,2,5-6,8,18H2,1H3. The summed E-state index contributed by atoms with van der Waals surface area (Å²) in [5.41, 5.74) is 2.12. The Kier molecular flexibility index (Phi) is 6.61. The molecule has 0 aromatic heterocycles. The van der Waals surface area contributed by atoms with Crippen molar-refractivity contribution >= 4 is 11.8 Å². The van der Waals surface area contributed by atoms with Crippen LogP contribution >= 0.6 is 11.8 Å². The predicted octanol–water partition coefficient (Wildman–Crippen LogP) is 3.74. The fraction of sp³-hybridized carbons (Fsp3) is 0.538. The van der Waals surface area contributed by atoms with Gasteiger partial charge in [0.25, 0.3) is 0 Å². The van der Waals surface area contributed by atoms with E-state index in [2.05, 4.69) is 0 Å². The molecule has 114 valence electrons. The van der Waals surface area contributed by atoms with Crippen molar-refractivity contribution in [2.45, 2.75) is 31.3 Å². The highest BCUT2D eigenvalue weighted by atomic mass is 32.2. The number of ether oxygens (including phenoxy) is 1. The summed E-state index contributed by atoms with van der Waals surface area (Å²) in [6.45, 7) is 1.81. The summed E-state index contributed by atoms with van der Waals surface area (Å²) >= 11 is -0.144. The molecule has 0 spiro atoms. The highest BCUT2D eigenvalue weighted by Crippen LogP contribution is 2.30. The van der Waals surface area contributed by atoms with Crippen LogP contribution in [0.5, 0.6) is 5.75 Å². The molecule has 0 bridgehead atoms. The average molecular weight is 311 g/mol. The van der Waals surface area contributed by atoms with E-state index in [1.165, 1.54) is 18.2 Å². The SMILES string of the molecule is CCC(N)Cc1cc(F)ccc1OCCSC(F)(F)F. The van der Waals surface area contributed by atoms with Gasteiger partial charge in [0.2, 0.25) is 0 Å². The van der Waals surface area contributed by atoms with Crippen LogP contribution in [0.1, 0.15) is 18.9 Å². The molecule has 0 radical (unpaired) electrons. The van der Waals surface area contributed by atoms with Gasteiger partial charge in [-0.25, -0.2) is 4.39 Å². The Morgan fingerprint density at radius 1 is 1.35 bits per heavy atom. The number of halogens is 4. The van der Waals surface area contributed by atoms with Crippen molar-refractivity contribution in [3.63, 3.8) is 0 Å². The number of hydrogen-bond donors (Lipinski definition) is 1. The molecule has 0 aliphatic rings. The molecule has 1 aromatic carbocycles. The zero-order valence-corrected chi connectivity index (χ0v) is 11.9. The minimum Gasteiger partial charge on any atom is -0.492 e. The van der Waals surface area contributed by atoms with Gasteiger partial charge in [0, 0.05) is 11.8 Å². The minimum atomic E-state index is -4.26. The topological polar surface area (TPSA) is 35.2 Å². The van der Waals surface area contributed by atoms with E-state index in [4.69, 9.17) is 10.5 Å². The van der Waals surface area contributed by atoms with Gasteiger partial charge < -0.3 is 10.5 Å². The summed E-state index contributed by atoms with van der Waals surface area (Å²) in [5.74, 6) is -0.237. The largest absolute Gasteiger partial charge is 0.492 e. The van der Waals surface area contributed by atoms with Crippen molar-refractivity contribution in [2.75, 3.05) is 12.4 Å². The van der Waals surface area contributed by atoms with Crippen LogP contribution in [0.25, 0.3) is 0 Å². The molecular formula is C13H17F4NOS. The third kappa shape index (κ3) is 6.47. The molecule has 0 aliphatic carbocycles. The molecule has 2 nitrogen and oxygen atoms in total. The number of alkyl halides is 3. The molecule has 2 N–H and O–H groups in total. The molecule has 1 rings (SSSR count). The van der Waals surface area contributed by atoms with Crippen molar-refractivity contribution in [3.8, 4) is 5.75 Å². The number of nitrogens with two attached hydrogens (primary N) is 1. The van der Waals surface area contributed by atoms with Crippen molar-refractivity contribution in [2.24, 2.45) is 5.73 Å². The van der Waals surface area contributed by atoms with Crippen LogP contribution in [0.4, 0.5) is 17.6 Å². The van der Waals surface area contributed by atoms with Gasteiger partial charge in [0.1, 0.15) is 11.6 Å². The fourth-order valence-corrected chi connectivity index (χ4v) is 1.98. The number of benzene rings is 1. The number of thioether (sulfide) groups is 1. The summed E-state index contributed by atoms with van der Waals surface area (Å²) < 4.78 is 54.4. The van der Waals surface area contributed by atoms with Crippen molar-refractivity contribution in [1.29, 1.82) is 0 Å². The summed E-state index contributed by atoms with van der Waals surface area (Å²) in [4.78, 5) is 0. The summed E-state index contributed by atoms with van der Waals surface area (Å²) in [6, 6.07) is 3.81. The summed E-state index contributed by atoms with van der Waals surface area (Å²) in [6.07, 6.45) is 1.15. The lowest BCUT2D eigenvalue weighted by molar-refractivity contribution is -0.0329. The maximum atomic E-state index is 13.2. The van der Waals surface area contributed by atoms with E-state index in [0.29, 0.717) is 17.7 Å². The van der Waals surface area contributed by atoms with Gasteiger partial charge in [-0.05, 0) is 48.4 Å². The lowest BCUT2D eigenvalue weighted by Crippen LogP contribution is -2.22. The molecule has 1 unspecified atom stereocenters. The van der Waals surface area contributed by atoms with E-state index in [1.807, 2.05) is 6.92 Å². The van der Waals surface area contributed by atoms with E-state index in [-0.39, 0.29) is 30.2 Å². The number of rotatable bonds is 7. The predicted molar refractivity (Wildman–Crippen MR) is 72.4 cm³/mol. The Morgan fingerprint density at radius 2 is 2.05 bits per heavy atom. The molecule has 0 aliphatic heterocycles. The maximum Gasteiger partial charge on any atom is 0.441 e. The van der Waals surface area contributed by atoms with Crippen LogP contribution in [0.15, 0.2) is 18.2 Å². The first-order valence-electron chi connectivity index (χ1n) is 6.19. The van der Waals surface area contributed by atoms with Crippen LogP contribution in [0.2, 0.25) is 0 Å². The third-order valence-electron chi connectivity index (χ3n) is 2.64. The van der Waals surface area contributed by atoms with Gasteiger partial charge in [-0.2, -0.15) is 13.2 Å². The second-order valence-corrected chi connectivity index (χ2v) is 5.43. The Balaban J connectivity index is 2.60.